The van der Waals surface area contributed by atoms with Crippen LogP contribution in [0.2, 0.25) is 0 Å². The van der Waals surface area contributed by atoms with E-state index in [0.717, 1.165) is 42.8 Å². The lowest BCUT2D eigenvalue weighted by Crippen LogP contribution is -2.39. The Morgan fingerprint density at radius 1 is 1.00 bits per heavy atom. The molecule has 2 aromatic rings. The van der Waals surface area contributed by atoms with Gasteiger partial charge in [-0.15, -0.1) is 0 Å². The molecule has 5 heteroatoms. The van der Waals surface area contributed by atoms with Gasteiger partial charge >= 0.3 is 0 Å². The van der Waals surface area contributed by atoms with Crippen molar-refractivity contribution >= 4 is 11.8 Å². The number of ether oxygens (including phenoxy) is 1. The summed E-state index contributed by atoms with van der Waals surface area (Å²) in [6.45, 7) is 10.1. The maximum Gasteiger partial charge on any atom is 0.253 e. The summed E-state index contributed by atoms with van der Waals surface area (Å²) in [5.74, 6) is 1.24. The zero-order valence-corrected chi connectivity index (χ0v) is 18.4. The molecule has 1 saturated heterocycles. The highest BCUT2D eigenvalue weighted by molar-refractivity contribution is 5.95. The molecule has 1 fully saturated rings. The molecule has 1 aliphatic rings. The van der Waals surface area contributed by atoms with Crippen LogP contribution < -0.4 is 10.1 Å². The molecule has 2 amide bonds. The van der Waals surface area contributed by atoms with Gasteiger partial charge in [0.25, 0.3) is 11.8 Å². The summed E-state index contributed by atoms with van der Waals surface area (Å²) >= 11 is 0. The number of hydrogen-bond donors (Lipinski definition) is 1. The van der Waals surface area contributed by atoms with Gasteiger partial charge in [0.2, 0.25) is 0 Å². The maximum absolute atomic E-state index is 12.8. The van der Waals surface area contributed by atoms with E-state index in [-0.39, 0.29) is 17.9 Å². The molecule has 0 unspecified atom stereocenters. The number of carbonyl (C=O) groups is 2. The van der Waals surface area contributed by atoms with E-state index in [1.54, 1.807) is 12.1 Å². The van der Waals surface area contributed by atoms with Gasteiger partial charge in [-0.1, -0.05) is 6.07 Å². The topological polar surface area (TPSA) is 58.6 Å². The van der Waals surface area contributed by atoms with Crippen LogP contribution in [0.5, 0.6) is 5.75 Å². The highest BCUT2D eigenvalue weighted by atomic mass is 16.5. The Bertz CT molecular complexity index is 882. The Morgan fingerprint density at radius 3 is 2.23 bits per heavy atom. The van der Waals surface area contributed by atoms with Crippen molar-refractivity contribution in [2.75, 3.05) is 19.7 Å². The predicted molar refractivity (Wildman–Crippen MR) is 119 cm³/mol. The zero-order valence-electron chi connectivity index (χ0n) is 18.4. The molecule has 0 aliphatic carbocycles. The van der Waals surface area contributed by atoms with Crippen molar-refractivity contribution < 1.29 is 14.3 Å². The van der Waals surface area contributed by atoms with Gasteiger partial charge in [-0.05, 0) is 94.0 Å². The van der Waals surface area contributed by atoms with Gasteiger partial charge in [0.05, 0.1) is 6.61 Å². The molecular formula is C25H32N2O3. The van der Waals surface area contributed by atoms with Crippen LogP contribution in [0.3, 0.4) is 0 Å². The lowest BCUT2D eigenvalue weighted by molar-refractivity contribution is 0.0660. The van der Waals surface area contributed by atoms with Crippen LogP contribution in [0.15, 0.2) is 42.5 Å². The number of carbonyl (C=O) groups excluding carboxylic acids is 2. The van der Waals surface area contributed by atoms with Gasteiger partial charge in [-0.25, -0.2) is 0 Å². The third kappa shape index (κ3) is 5.62. The first kappa shape index (κ1) is 21.9. The van der Waals surface area contributed by atoms with Gasteiger partial charge in [0, 0.05) is 30.3 Å². The van der Waals surface area contributed by atoms with Gasteiger partial charge in [0.1, 0.15) is 5.75 Å². The molecule has 0 aromatic heterocycles. The van der Waals surface area contributed by atoms with Crippen LogP contribution in [-0.4, -0.2) is 42.5 Å². The summed E-state index contributed by atoms with van der Waals surface area (Å²) in [4.78, 5) is 26.7. The molecule has 0 bridgehead atoms. The summed E-state index contributed by atoms with van der Waals surface area (Å²) < 4.78 is 5.94. The minimum atomic E-state index is -0.0719. The number of piperidine rings is 1. The second kappa shape index (κ2) is 9.79. The average molecular weight is 409 g/mol. The molecule has 3 rings (SSSR count). The van der Waals surface area contributed by atoms with Gasteiger partial charge < -0.3 is 15.0 Å². The summed E-state index contributed by atoms with van der Waals surface area (Å²) in [6, 6.07) is 13.3. The summed E-state index contributed by atoms with van der Waals surface area (Å²) in [5.41, 5.74) is 3.76. The Kier molecular flexibility index (Phi) is 7.14. The SMILES string of the molecule is Cc1ccc(C(=O)N2CCC(COc3ccc(C(=O)NC(C)C)cc3)CC2)cc1C. The van der Waals surface area contributed by atoms with Crippen molar-refractivity contribution in [2.45, 2.75) is 46.6 Å². The summed E-state index contributed by atoms with van der Waals surface area (Å²) in [6.07, 6.45) is 1.87. The summed E-state index contributed by atoms with van der Waals surface area (Å²) in [5, 5.41) is 2.88. The fourth-order valence-corrected chi connectivity index (χ4v) is 3.62. The van der Waals surface area contributed by atoms with Crippen molar-refractivity contribution in [3.63, 3.8) is 0 Å². The number of aryl methyl sites for hydroxylation is 2. The molecule has 2 aromatic carbocycles. The molecule has 160 valence electrons. The minimum Gasteiger partial charge on any atom is -0.493 e. The van der Waals surface area contributed by atoms with E-state index >= 15 is 0 Å². The number of nitrogens with zero attached hydrogens (tertiary/aromatic N) is 1. The number of nitrogens with one attached hydrogen (secondary N) is 1. The lowest BCUT2D eigenvalue weighted by Gasteiger charge is -2.32. The molecule has 0 saturated carbocycles. The number of hydrogen-bond acceptors (Lipinski definition) is 3. The monoisotopic (exact) mass is 408 g/mol. The quantitative estimate of drug-likeness (QED) is 0.772. The standard InChI is InChI=1S/C25H32N2O3/c1-17(2)26-24(28)21-7-9-23(10-8-21)30-16-20-11-13-27(14-12-20)25(29)22-6-5-18(3)19(4)15-22/h5-10,15,17,20H,11-14,16H2,1-4H3,(H,26,28). The zero-order chi connectivity index (χ0) is 21.7. The van der Waals surface area contributed by atoms with Crippen LogP contribution in [0.4, 0.5) is 0 Å². The van der Waals surface area contributed by atoms with E-state index < -0.39 is 0 Å². The molecule has 5 nitrogen and oxygen atoms in total. The van der Waals surface area contributed by atoms with Crippen LogP contribution in [0.25, 0.3) is 0 Å². The smallest absolute Gasteiger partial charge is 0.253 e. The largest absolute Gasteiger partial charge is 0.493 e. The number of likely N-dealkylation sites (tertiary alicyclic amines) is 1. The minimum absolute atomic E-state index is 0.0719. The van der Waals surface area contributed by atoms with E-state index in [4.69, 9.17) is 4.74 Å². The molecule has 30 heavy (non-hydrogen) atoms. The van der Waals surface area contributed by atoms with Crippen molar-refractivity contribution in [3.8, 4) is 5.75 Å². The highest BCUT2D eigenvalue weighted by Gasteiger charge is 2.24. The molecule has 1 N–H and O–H groups in total. The molecule has 1 heterocycles. The van der Waals surface area contributed by atoms with Gasteiger partial charge in [0.15, 0.2) is 0 Å². The van der Waals surface area contributed by atoms with E-state index in [9.17, 15) is 9.59 Å². The van der Waals surface area contributed by atoms with Crippen molar-refractivity contribution in [2.24, 2.45) is 5.92 Å². The molecule has 0 radical (unpaired) electrons. The number of benzene rings is 2. The molecular weight excluding hydrogens is 376 g/mol. The summed E-state index contributed by atoms with van der Waals surface area (Å²) in [7, 11) is 0. The van der Waals surface area contributed by atoms with Crippen molar-refractivity contribution in [3.05, 3.63) is 64.7 Å². The third-order valence-corrected chi connectivity index (χ3v) is 5.68. The van der Waals surface area contributed by atoms with Crippen LogP contribution in [0.1, 0.15) is 58.5 Å². The van der Waals surface area contributed by atoms with E-state index in [1.807, 2.05) is 56.0 Å². The molecule has 1 aliphatic heterocycles. The third-order valence-electron chi connectivity index (χ3n) is 5.68. The van der Waals surface area contributed by atoms with E-state index in [2.05, 4.69) is 12.2 Å². The van der Waals surface area contributed by atoms with Crippen molar-refractivity contribution in [1.29, 1.82) is 0 Å². The second-order valence-electron chi connectivity index (χ2n) is 8.50. The Labute approximate surface area is 179 Å². The fourth-order valence-electron chi connectivity index (χ4n) is 3.62. The van der Waals surface area contributed by atoms with Crippen LogP contribution in [-0.2, 0) is 0 Å². The number of amides is 2. The predicted octanol–water partition coefficient (Wildman–Crippen LogP) is 4.37. The normalized spacial score (nSPS) is 14.6. The average Bonchev–Trinajstić information content (AvgIpc) is 2.74. The Hall–Kier alpha value is -2.82. The van der Waals surface area contributed by atoms with Gasteiger partial charge in [-0.3, -0.25) is 9.59 Å². The lowest BCUT2D eigenvalue weighted by atomic mass is 9.97. The first-order chi connectivity index (χ1) is 14.3. The van der Waals surface area contributed by atoms with E-state index in [0.29, 0.717) is 18.1 Å². The number of rotatable bonds is 6. The highest BCUT2D eigenvalue weighted by Crippen LogP contribution is 2.22. The van der Waals surface area contributed by atoms with E-state index in [1.165, 1.54) is 5.56 Å². The van der Waals surface area contributed by atoms with Crippen molar-refractivity contribution in [1.82, 2.24) is 10.2 Å². The Balaban J connectivity index is 1.46. The maximum atomic E-state index is 12.8. The molecule has 0 spiro atoms. The van der Waals surface area contributed by atoms with Gasteiger partial charge in [-0.2, -0.15) is 0 Å². The first-order valence-corrected chi connectivity index (χ1v) is 10.7. The first-order valence-electron chi connectivity index (χ1n) is 10.7. The van der Waals surface area contributed by atoms with Crippen LogP contribution >= 0.6 is 0 Å². The van der Waals surface area contributed by atoms with Crippen LogP contribution in [0, 0.1) is 19.8 Å². The second-order valence-corrected chi connectivity index (χ2v) is 8.50. The fraction of sp³-hybridized carbons (Fsp3) is 0.440. The molecule has 0 atom stereocenters. The Morgan fingerprint density at radius 2 is 1.63 bits per heavy atom.